The predicted molar refractivity (Wildman–Crippen MR) is 94.2 cm³/mol. The number of nitrogens with one attached hydrogen (secondary N) is 1. The first kappa shape index (κ1) is 18.0. The van der Waals surface area contributed by atoms with Gasteiger partial charge in [-0.25, -0.2) is 0 Å². The van der Waals surface area contributed by atoms with Crippen molar-refractivity contribution < 1.29 is 0 Å². The van der Waals surface area contributed by atoms with E-state index in [9.17, 15) is 0 Å². The van der Waals surface area contributed by atoms with Gasteiger partial charge in [0.15, 0.2) is 0 Å². The van der Waals surface area contributed by atoms with E-state index in [0.29, 0.717) is 0 Å². The summed E-state index contributed by atoms with van der Waals surface area (Å²) in [6.45, 7) is 12.0. The van der Waals surface area contributed by atoms with Crippen LogP contribution in [0.5, 0.6) is 0 Å². The van der Waals surface area contributed by atoms with Crippen LogP contribution in [-0.2, 0) is 6.54 Å². The Morgan fingerprint density at radius 3 is 2.24 bits per heavy atom. The van der Waals surface area contributed by atoms with E-state index in [-0.39, 0.29) is 5.54 Å². The summed E-state index contributed by atoms with van der Waals surface area (Å²) in [7, 11) is 6.43. The number of hydrogen-bond donors (Lipinski definition) is 1. The molecule has 1 aromatic carbocycles. The summed E-state index contributed by atoms with van der Waals surface area (Å²) in [4.78, 5) is 4.58. The fourth-order valence-electron chi connectivity index (χ4n) is 2.23. The molecule has 3 nitrogen and oxygen atoms in total. The molecule has 0 aromatic heterocycles. The van der Waals surface area contributed by atoms with Crippen LogP contribution in [0.4, 0.5) is 5.69 Å². The Balaban J connectivity index is 2.60. The lowest BCUT2D eigenvalue weighted by atomic mass is 10.0. The minimum absolute atomic E-state index is 0.161. The molecule has 120 valence electrons. The zero-order valence-electron chi connectivity index (χ0n) is 15.0. The molecule has 0 saturated heterocycles. The van der Waals surface area contributed by atoms with Crippen LogP contribution in [-0.4, -0.2) is 44.7 Å². The van der Waals surface area contributed by atoms with Gasteiger partial charge in [-0.3, -0.25) is 0 Å². The summed E-state index contributed by atoms with van der Waals surface area (Å²) in [6, 6.07) is 6.80. The number of hydrogen-bond acceptors (Lipinski definition) is 3. The lowest BCUT2D eigenvalue weighted by Crippen LogP contribution is -2.35. The normalized spacial score (nSPS) is 12.0. The van der Waals surface area contributed by atoms with E-state index in [2.05, 4.69) is 82.2 Å². The van der Waals surface area contributed by atoms with Crippen LogP contribution in [0.3, 0.4) is 0 Å². The Morgan fingerprint density at radius 2 is 1.71 bits per heavy atom. The first-order valence-corrected chi connectivity index (χ1v) is 7.89. The SMILES string of the molecule is Cc1cc(N(C)CCCN(C)C)ccc1CNC(C)(C)C. The van der Waals surface area contributed by atoms with Crippen molar-refractivity contribution >= 4 is 5.69 Å². The Kier molecular flexibility index (Phi) is 6.69. The highest BCUT2D eigenvalue weighted by molar-refractivity contribution is 5.50. The maximum atomic E-state index is 3.56. The van der Waals surface area contributed by atoms with E-state index >= 15 is 0 Å². The van der Waals surface area contributed by atoms with Gasteiger partial charge in [-0.1, -0.05) is 6.07 Å². The van der Waals surface area contributed by atoms with Crippen LogP contribution in [0.15, 0.2) is 18.2 Å². The summed E-state index contributed by atoms with van der Waals surface area (Å²) in [5, 5.41) is 3.56. The average Bonchev–Trinajstić information content (AvgIpc) is 2.35. The Morgan fingerprint density at radius 1 is 1.05 bits per heavy atom. The number of rotatable bonds is 7. The highest BCUT2D eigenvalue weighted by Gasteiger charge is 2.10. The van der Waals surface area contributed by atoms with Gasteiger partial charge in [0, 0.05) is 31.4 Å². The molecule has 1 N–H and O–H groups in total. The molecule has 3 heteroatoms. The van der Waals surface area contributed by atoms with Gasteiger partial charge in [0.05, 0.1) is 0 Å². The van der Waals surface area contributed by atoms with Crippen LogP contribution in [0, 0.1) is 6.92 Å². The topological polar surface area (TPSA) is 18.5 Å². The summed E-state index contributed by atoms with van der Waals surface area (Å²) >= 11 is 0. The fraction of sp³-hybridized carbons (Fsp3) is 0.667. The van der Waals surface area contributed by atoms with Gasteiger partial charge in [-0.05, 0) is 78.0 Å². The van der Waals surface area contributed by atoms with Crippen molar-refractivity contribution in [2.75, 3.05) is 39.1 Å². The molecule has 1 aromatic rings. The molecular formula is C18H33N3. The first-order chi connectivity index (χ1) is 9.69. The van der Waals surface area contributed by atoms with E-state index in [1.165, 1.54) is 23.2 Å². The minimum Gasteiger partial charge on any atom is -0.375 e. The second kappa shape index (κ2) is 7.81. The summed E-state index contributed by atoms with van der Waals surface area (Å²) < 4.78 is 0. The Hall–Kier alpha value is -1.06. The highest BCUT2D eigenvalue weighted by atomic mass is 15.1. The molecule has 0 atom stereocenters. The molecule has 0 heterocycles. The molecule has 1 rings (SSSR count). The predicted octanol–water partition coefficient (Wildman–Crippen LogP) is 3.27. The number of nitrogens with zero attached hydrogens (tertiary/aromatic N) is 2. The summed E-state index contributed by atoms with van der Waals surface area (Å²) in [6.07, 6.45) is 1.19. The smallest absolute Gasteiger partial charge is 0.0366 e. The van der Waals surface area contributed by atoms with Gasteiger partial charge >= 0.3 is 0 Å². The quantitative estimate of drug-likeness (QED) is 0.832. The van der Waals surface area contributed by atoms with Gasteiger partial charge < -0.3 is 15.1 Å². The monoisotopic (exact) mass is 291 g/mol. The van der Waals surface area contributed by atoms with Gasteiger partial charge in [0.25, 0.3) is 0 Å². The molecule has 0 bridgehead atoms. The molecule has 21 heavy (non-hydrogen) atoms. The molecule has 0 aliphatic carbocycles. The van der Waals surface area contributed by atoms with Crippen LogP contribution in [0.1, 0.15) is 38.3 Å². The standard InChI is InChI=1S/C18H33N3/c1-15-13-17(21(7)12-8-11-20(5)6)10-9-16(15)14-19-18(2,3)4/h9-10,13,19H,8,11-12,14H2,1-7H3. The molecule has 0 fully saturated rings. The molecular weight excluding hydrogens is 258 g/mol. The molecule has 0 aliphatic rings. The zero-order chi connectivity index (χ0) is 16.0. The van der Waals surface area contributed by atoms with Crippen molar-refractivity contribution in [3.8, 4) is 0 Å². The van der Waals surface area contributed by atoms with Crippen LogP contribution in [0.25, 0.3) is 0 Å². The van der Waals surface area contributed by atoms with E-state index in [1.807, 2.05) is 0 Å². The summed E-state index contributed by atoms with van der Waals surface area (Å²) in [5.74, 6) is 0. The fourth-order valence-corrected chi connectivity index (χ4v) is 2.23. The van der Waals surface area contributed by atoms with E-state index in [1.54, 1.807) is 0 Å². The van der Waals surface area contributed by atoms with Crippen molar-refractivity contribution in [3.05, 3.63) is 29.3 Å². The molecule has 0 saturated carbocycles. The van der Waals surface area contributed by atoms with E-state index in [0.717, 1.165) is 19.6 Å². The highest BCUT2D eigenvalue weighted by Crippen LogP contribution is 2.19. The Labute approximate surface area is 131 Å². The lowest BCUT2D eigenvalue weighted by molar-refractivity contribution is 0.401. The first-order valence-electron chi connectivity index (χ1n) is 7.89. The van der Waals surface area contributed by atoms with Gasteiger partial charge in [-0.15, -0.1) is 0 Å². The van der Waals surface area contributed by atoms with Crippen molar-refractivity contribution in [1.82, 2.24) is 10.2 Å². The zero-order valence-corrected chi connectivity index (χ0v) is 15.0. The van der Waals surface area contributed by atoms with Crippen LogP contribution in [0.2, 0.25) is 0 Å². The number of anilines is 1. The molecule has 0 radical (unpaired) electrons. The van der Waals surface area contributed by atoms with Crippen LogP contribution < -0.4 is 10.2 Å². The van der Waals surface area contributed by atoms with Crippen LogP contribution >= 0.6 is 0 Å². The molecule has 0 amide bonds. The largest absolute Gasteiger partial charge is 0.375 e. The third-order valence-corrected chi connectivity index (χ3v) is 3.67. The van der Waals surface area contributed by atoms with Crippen molar-refractivity contribution in [2.45, 2.75) is 46.2 Å². The second-order valence-corrected chi connectivity index (χ2v) is 7.29. The summed E-state index contributed by atoms with van der Waals surface area (Å²) in [5.41, 5.74) is 4.22. The Bertz CT molecular complexity index is 433. The second-order valence-electron chi connectivity index (χ2n) is 7.29. The molecule has 0 unspecified atom stereocenters. The molecule has 0 spiro atoms. The lowest BCUT2D eigenvalue weighted by Gasteiger charge is -2.23. The van der Waals surface area contributed by atoms with E-state index in [4.69, 9.17) is 0 Å². The minimum atomic E-state index is 0.161. The van der Waals surface area contributed by atoms with Crippen molar-refractivity contribution in [1.29, 1.82) is 0 Å². The van der Waals surface area contributed by atoms with Gasteiger partial charge in [0.2, 0.25) is 0 Å². The maximum Gasteiger partial charge on any atom is 0.0366 e. The third kappa shape index (κ3) is 6.96. The van der Waals surface area contributed by atoms with Gasteiger partial charge in [0.1, 0.15) is 0 Å². The maximum absolute atomic E-state index is 3.56. The van der Waals surface area contributed by atoms with E-state index < -0.39 is 0 Å². The van der Waals surface area contributed by atoms with Gasteiger partial charge in [-0.2, -0.15) is 0 Å². The van der Waals surface area contributed by atoms with Crippen molar-refractivity contribution in [2.24, 2.45) is 0 Å². The van der Waals surface area contributed by atoms with Crippen molar-refractivity contribution in [3.63, 3.8) is 0 Å². The number of aryl methyl sites for hydroxylation is 1. The molecule has 0 aliphatic heterocycles. The number of benzene rings is 1. The average molecular weight is 291 g/mol. The third-order valence-electron chi connectivity index (χ3n) is 3.67.